The van der Waals surface area contributed by atoms with E-state index < -0.39 is 0 Å². The van der Waals surface area contributed by atoms with Gasteiger partial charge < -0.3 is 10.2 Å². The minimum atomic E-state index is -0.207. The highest BCUT2D eigenvalue weighted by Gasteiger charge is 2.32. The zero-order valence-corrected chi connectivity index (χ0v) is 11.4. The number of carbonyl (C=O) groups excluding carboxylic acids is 2. The summed E-state index contributed by atoms with van der Waals surface area (Å²) in [5, 5.41) is 2.66. The number of rotatable bonds is 5. The lowest BCUT2D eigenvalue weighted by Crippen LogP contribution is -2.43. The quantitative estimate of drug-likeness (QED) is 0.875. The summed E-state index contributed by atoms with van der Waals surface area (Å²) in [6.07, 6.45) is 2.41. The molecule has 0 saturated heterocycles. The van der Waals surface area contributed by atoms with E-state index in [-0.39, 0.29) is 24.4 Å². The van der Waals surface area contributed by atoms with Crippen molar-refractivity contribution in [2.75, 3.05) is 13.6 Å². The predicted molar refractivity (Wildman–Crippen MR) is 73.7 cm³/mol. The van der Waals surface area contributed by atoms with E-state index in [4.69, 9.17) is 0 Å². The number of likely N-dealkylation sites (N-methyl/N-ethyl adjacent to an activating group) is 1. The van der Waals surface area contributed by atoms with Crippen LogP contribution < -0.4 is 5.32 Å². The Bertz CT molecular complexity index is 454. The van der Waals surface area contributed by atoms with Crippen molar-refractivity contribution in [1.82, 2.24) is 10.2 Å². The first-order valence-corrected chi connectivity index (χ1v) is 6.68. The Morgan fingerprint density at radius 1 is 1.32 bits per heavy atom. The van der Waals surface area contributed by atoms with Crippen LogP contribution in [0.5, 0.6) is 0 Å². The van der Waals surface area contributed by atoms with Gasteiger partial charge in [0.05, 0.1) is 6.54 Å². The van der Waals surface area contributed by atoms with Crippen molar-refractivity contribution in [2.45, 2.75) is 25.8 Å². The third kappa shape index (κ3) is 3.56. The van der Waals surface area contributed by atoms with E-state index in [1.165, 1.54) is 12.8 Å². The van der Waals surface area contributed by atoms with Crippen molar-refractivity contribution in [1.29, 1.82) is 0 Å². The number of carbonyl (C=O) groups is 2. The van der Waals surface area contributed by atoms with Crippen molar-refractivity contribution in [3.8, 4) is 0 Å². The zero-order chi connectivity index (χ0) is 13.8. The molecule has 1 aliphatic carbocycles. The molecule has 1 aromatic rings. The highest BCUT2D eigenvalue weighted by Crippen LogP contribution is 2.34. The Morgan fingerprint density at radius 3 is 2.53 bits per heavy atom. The van der Waals surface area contributed by atoms with Gasteiger partial charge in [0.1, 0.15) is 0 Å². The molecule has 1 saturated carbocycles. The average Bonchev–Trinajstić information content (AvgIpc) is 3.28. The standard InChI is InChI=1S/C15H20N2O2/c1-11(12-8-9-12)17(2)14(18)10-16-15(19)13-6-4-3-5-7-13/h3-7,11-12H,8-10H2,1-2H3,(H,16,19). The maximum atomic E-state index is 12.0. The highest BCUT2D eigenvalue weighted by atomic mass is 16.2. The van der Waals surface area contributed by atoms with Crippen LogP contribution in [-0.2, 0) is 4.79 Å². The van der Waals surface area contributed by atoms with Gasteiger partial charge in [-0.25, -0.2) is 0 Å². The fraction of sp³-hybridized carbons (Fsp3) is 0.467. The molecular formula is C15H20N2O2. The predicted octanol–water partition coefficient (Wildman–Crippen LogP) is 1.67. The second-order valence-electron chi connectivity index (χ2n) is 5.13. The minimum absolute atomic E-state index is 0.0383. The number of hydrogen-bond donors (Lipinski definition) is 1. The Labute approximate surface area is 113 Å². The third-order valence-corrected chi connectivity index (χ3v) is 3.74. The van der Waals surface area contributed by atoms with E-state index in [1.807, 2.05) is 6.07 Å². The van der Waals surface area contributed by atoms with Crippen LogP contribution >= 0.6 is 0 Å². The van der Waals surface area contributed by atoms with Crippen LogP contribution in [-0.4, -0.2) is 36.3 Å². The van der Waals surface area contributed by atoms with Crippen LogP contribution in [0.25, 0.3) is 0 Å². The Kier molecular flexibility index (Phi) is 4.20. The van der Waals surface area contributed by atoms with Crippen molar-refractivity contribution in [3.63, 3.8) is 0 Å². The number of amides is 2. The molecule has 1 unspecified atom stereocenters. The molecule has 0 heterocycles. The lowest BCUT2D eigenvalue weighted by molar-refractivity contribution is -0.130. The molecule has 1 aromatic carbocycles. The fourth-order valence-corrected chi connectivity index (χ4v) is 2.09. The van der Waals surface area contributed by atoms with Crippen LogP contribution in [0, 0.1) is 5.92 Å². The number of hydrogen-bond acceptors (Lipinski definition) is 2. The molecule has 2 amide bonds. The average molecular weight is 260 g/mol. The van der Waals surface area contributed by atoms with Crippen LogP contribution in [0.3, 0.4) is 0 Å². The molecule has 1 N–H and O–H groups in total. The van der Waals surface area contributed by atoms with Gasteiger partial charge in [0.2, 0.25) is 5.91 Å². The minimum Gasteiger partial charge on any atom is -0.343 e. The first-order chi connectivity index (χ1) is 9.09. The monoisotopic (exact) mass is 260 g/mol. The van der Waals surface area contributed by atoms with E-state index in [1.54, 1.807) is 36.2 Å². The van der Waals surface area contributed by atoms with Gasteiger partial charge in [-0.15, -0.1) is 0 Å². The van der Waals surface area contributed by atoms with Crippen LogP contribution in [0.4, 0.5) is 0 Å². The van der Waals surface area contributed by atoms with Gasteiger partial charge in [0.25, 0.3) is 5.91 Å². The Morgan fingerprint density at radius 2 is 1.95 bits per heavy atom. The molecule has 0 radical (unpaired) electrons. The summed E-state index contributed by atoms with van der Waals surface area (Å²) in [6, 6.07) is 9.19. The molecule has 102 valence electrons. The van der Waals surface area contributed by atoms with E-state index in [2.05, 4.69) is 12.2 Å². The normalized spacial score (nSPS) is 15.7. The number of benzene rings is 1. The number of nitrogens with one attached hydrogen (secondary N) is 1. The van der Waals surface area contributed by atoms with E-state index in [9.17, 15) is 9.59 Å². The third-order valence-electron chi connectivity index (χ3n) is 3.74. The van der Waals surface area contributed by atoms with E-state index >= 15 is 0 Å². The van der Waals surface area contributed by atoms with Gasteiger partial charge in [0.15, 0.2) is 0 Å². The fourth-order valence-electron chi connectivity index (χ4n) is 2.09. The molecule has 2 rings (SSSR count). The maximum Gasteiger partial charge on any atom is 0.251 e. The first-order valence-electron chi connectivity index (χ1n) is 6.68. The summed E-state index contributed by atoms with van der Waals surface area (Å²) in [6.45, 7) is 2.12. The molecule has 19 heavy (non-hydrogen) atoms. The van der Waals surface area contributed by atoms with E-state index in [0.717, 1.165) is 0 Å². The SMILES string of the molecule is CC(C1CC1)N(C)C(=O)CNC(=O)c1ccccc1. The van der Waals surface area contributed by atoms with Crippen molar-refractivity contribution < 1.29 is 9.59 Å². The van der Waals surface area contributed by atoms with Crippen LogP contribution in [0.15, 0.2) is 30.3 Å². The molecule has 4 heteroatoms. The largest absolute Gasteiger partial charge is 0.343 e. The molecule has 4 nitrogen and oxygen atoms in total. The lowest BCUT2D eigenvalue weighted by atomic mass is 10.2. The molecule has 0 aromatic heterocycles. The Hall–Kier alpha value is -1.84. The summed E-state index contributed by atoms with van der Waals surface area (Å²) in [5.41, 5.74) is 0.577. The molecule has 0 bridgehead atoms. The van der Waals surface area contributed by atoms with Crippen LogP contribution in [0.1, 0.15) is 30.1 Å². The molecular weight excluding hydrogens is 240 g/mol. The van der Waals surface area contributed by atoms with Crippen molar-refractivity contribution in [2.24, 2.45) is 5.92 Å². The first kappa shape index (κ1) is 13.6. The lowest BCUT2D eigenvalue weighted by Gasteiger charge is -2.25. The van der Waals surface area contributed by atoms with Gasteiger partial charge in [-0.05, 0) is 37.8 Å². The number of nitrogens with zero attached hydrogens (tertiary/aromatic N) is 1. The van der Waals surface area contributed by atoms with Gasteiger partial charge >= 0.3 is 0 Å². The molecule has 1 aliphatic rings. The topological polar surface area (TPSA) is 49.4 Å². The zero-order valence-electron chi connectivity index (χ0n) is 11.4. The summed E-state index contributed by atoms with van der Waals surface area (Å²) in [7, 11) is 1.81. The second-order valence-corrected chi connectivity index (χ2v) is 5.13. The van der Waals surface area contributed by atoms with Crippen molar-refractivity contribution in [3.05, 3.63) is 35.9 Å². The summed E-state index contributed by atoms with van der Waals surface area (Å²) in [4.78, 5) is 25.5. The summed E-state index contributed by atoms with van der Waals surface area (Å²) in [5.74, 6) is 0.392. The Balaban J connectivity index is 1.81. The molecule has 1 fully saturated rings. The molecule has 0 aliphatic heterocycles. The van der Waals surface area contributed by atoms with E-state index in [0.29, 0.717) is 11.5 Å². The maximum absolute atomic E-state index is 12.0. The highest BCUT2D eigenvalue weighted by molar-refractivity contribution is 5.96. The van der Waals surface area contributed by atoms with Crippen molar-refractivity contribution >= 4 is 11.8 Å². The molecule has 0 spiro atoms. The second kappa shape index (κ2) is 5.87. The summed E-state index contributed by atoms with van der Waals surface area (Å²) < 4.78 is 0. The smallest absolute Gasteiger partial charge is 0.251 e. The van der Waals surface area contributed by atoms with Gasteiger partial charge in [-0.2, -0.15) is 0 Å². The van der Waals surface area contributed by atoms with Gasteiger partial charge in [-0.3, -0.25) is 9.59 Å². The van der Waals surface area contributed by atoms with Crippen LogP contribution in [0.2, 0.25) is 0 Å². The summed E-state index contributed by atoms with van der Waals surface area (Å²) >= 11 is 0. The molecule has 1 atom stereocenters. The van der Waals surface area contributed by atoms with Gasteiger partial charge in [0, 0.05) is 18.7 Å². The van der Waals surface area contributed by atoms with Gasteiger partial charge in [-0.1, -0.05) is 18.2 Å².